The number of rotatable bonds is 5. The molecule has 2 heterocycles. The Morgan fingerprint density at radius 3 is 2.70 bits per heavy atom. The van der Waals surface area contributed by atoms with E-state index in [0.717, 1.165) is 19.4 Å². The topological polar surface area (TPSA) is 87.5 Å². The molecule has 0 radical (unpaired) electrons. The minimum Gasteiger partial charge on any atom is -0.465 e. The minimum absolute atomic E-state index is 0.173. The van der Waals surface area contributed by atoms with Gasteiger partial charge in [-0.05, 0) is 11.8 Å². The van der Waals surface area contributed by atoms with Gasteiger partial charge in [-0.15, -0.1) is 0 Å². The first kappa shape index (κ1) is 17.3. The van der Waals surface area contributed by atoms with E-state index in [0.29, 0.717) is 12.2 Å². The van der Waals surface area contributed by atoms with E-state index < -0.39 is 6.09 Å². The predicted molar refractivity (Wildman–Crippen MR) is 86.4 cm³/mol. The normalized spacial score (nSPS) is 21.0. The molecule has 2 rings (SSSR count). The van der Waals surface area contributed by atoms with Crippen LogP contribution in [0.3, 0.4) is 0 Å². The van der Waals surface area contributed by atoms with Gasteiger partial charge in [0, 0.05) is 13.1 Å². The average molecular weight is 322 g/mol. The average Bonchev–Trinajstić information content (AvgIpc) is 2.86. The highest BCUT2D eigenvalue weighted by atomic mass is 16.4. The molecule has 1 aromatic rings. The molecule has 1 saturated heterocycles. The third-order valence-corrected chi connectivity index (χ3v) is 4.26. The second-order valence-electron chi connectivity index (χ2n) is 7.15. The molecular weight excluding hydrogens is 296 g/mol. The van der Waals surface area contributed by atoms with Gasteiger partial charge in [-0.1, -0.05) is 34.1 Å². The van der Waals surface area contributed by atoms with Crippen molar-refractivity contribution in [2.75, 3.05) is 6.54 Å². The van der Waals surface area contributed by atoms with Gasteiger partial charge in [0.15, 0.2) is 0 Å². The lowest BCUT2D eigenvalue weighted by Crippen LogP contribution is -2.71. The van der Waals surface area contributed by atoms with Crippen molar-refractivity contribution in [3.8, 4) is 0 Å². The number of carbonyl (C=O) groups excluding carboxylic acids is 1. The lowest BCUT2D eigenvalue weighted by Gasteiger charge is -2.52. The van der Waals surface area contributed by atoms with E-state index in [1.165, 1.54) is 4.90 Å². The van der Waals surface area contributed by atoms with Crippen LogP contribution in [0.15, 0.2) is 12.5 Å². The number of nitrogens with zero attached hydrogens (tertiary/aromatic N) is 3. The molecular formula is C16H26N4O3. The van der Waals surface area contributed by atoms with Gasteiger partial charge in [0.25, 0.3) is 5.91 Å². The smallest absolute Gasteiger partial charge is 0.407 e. The van der Waals surface area contributed by atoms with Crippen molar-refractivity contribution in [2.45, 2.75) is 59.2 Å². The molecule has 0 spiro atoms. The van der Waals surface area contributed by atoms with Gasteiger partial charge in [0.05, 0.1) is 24.6 Å². The van der Waals surface area contributed by atoms with E-state index in [9.17, 15) is 14.7 Å². The molecule has 0 aromatic carbocycles. The number of aromatic nitrogens is 2. The first-order valence-electron chi connectivity index (χ1n) is 8.06. The number of aryl methyl sites for hydroxylation is 1. The minimum atomic E-state index is -0.941. The number of unbranched alkanes of at least 4 members (excludes halogenated alkanes) is 1. The number of nitrogens with one attached hydrogen (secondary N) is 1. The summed E-state index contributed by atoms with van der Waals surface area (Å²) in [5.74, 6) is -0.192. The van der Waals surface area contributed by atoms with Crippen molar-refractivity contribution in [1.82, 2.24) is 19.8 Å². The van der Waals surface area contributed by atoms with Crippen molar-refractivity contribution >= 4 is 12.0 Å². The van der Waals surface area contributed by atoms with Gasteiger partial charge in [-0.25, -0.2) is 9.78 Å². The van der Waals surface area contributed by atoms with E-state index >= 15 is 0 Å². The summed E-state index contributed by atoms with van der Waals surface area (Å²) in [6, 6.07) is -0.399. The molecule has 2 atom stereocenters. The van der Waals surface area contributed by atoms with Crippen LogP contribution < -0.4 is 5.32 Å². The number of amides is 2. The Morgan fingerprint density at radius 2 is 2.13 bits per heavy atom. The van der Waals surface area contributed by atoms with Gasteiger partial charge in [-0.2, -0.15) is 0 Å². The van der Waals surface area contributed by atoms with Crippen LogP contribution in [0.4, 0.5) is 4.79 Å². The third-order valence-electron chi connectivity index (χ3n) is 4.26. The van der Waals surface area contributed by atoms with Crippen molar-refractivity contribution < 1.29 is 14.7 Å². The maximum absolute atomic E-state index is 12.5. The molecule has 7 nitrogen and oxygen atoms in total. The van der Waals surface area contributed by atoms with Crippen LogP contribution in [0.1, 0.15) is 51.0 Å². The Morgan fingerprint density at radius 1 is 1.43 bits per heavy atom. The first-order chi connectivity index (χ1) is 10.8. The highest BCUT2D eigenvalue weighted by molar-refractivity contribution is 5.92. The molecule has 2 N–H and O–H groups in total. The second kappa shape index (κ2) is 6.60. The maximum Gasteiger partial charge on any atom is 0.407 e. The van der Waals surface area contributed by atoms with E-state index in [-0.39, 0.29) is 23.4 Å². The summed E-state index contributed by atoms with van der Waals surface area (Å²) in [4.78, 5) is 29.2. The monoisotopic (exact) mass is 322 g/mol. The molecule has 1 aliphatic rings. The molecule has 128 valence electrons. The summed E-state index contributed by atoms with van der Waals surface area (Å²) in [6.07, 6.45) is 4.31. The molecule has 1 aromatic heterocycles. The predicted octanol–water partition coefficient (Wildman–Crippen LogP) is 2.19. The van der Waals surface area contributed by atoms with E-state index in [1.807, 2.05) is 25.3 Å². The van der Waals surface area contributed by atoms with Gasteiger partial charge >= 0.3 is 6.09 Å². The van der Waals surface area contributed by atoms with Crippen LogP contribution in [0.25, 0.3) is 0 Å². The summed E-state index contributed by atoms with van der Waals surface area (Å²) < 4.78 is 1.85. The molecule has 0 saturated carbocycles. The van der Waals surface area contributed by atoms with Crippen LogP contribution in [0.5, 0.6) is 0 Å². The van der Waals surface area contributed by atoms with Crippen molar-refractivity contribution in [2.24, 2.45) is 5.41 Å². The van der Waals surface area contributed by atoms with Gasteiger partial charge in [0.1, 0.15) is 5.69 Å². The SMILES string of the molecule is CCCCn1cncc1C(=O)NC1CN(C(=O)O)C1C(C)(C)C. The molecule has 1 aliphatic heterocycles. The first-order valence-corrected chi connectivity index (χ1v) is 8.06. The summed E-state index contributed by atoms with van der Waals surface area (Å²) in [5, 5.41) is 12.2. The highest BCUT2D eigenvalue weighted by Crippen LogP contribution is 2.34. The summed E-state index contributed by atoms with van der Waals surface area (Å²) >= 11 is 0. The molecule has 7 heteroatoms. The molecule has 2 amide bonds. The lowest BCUT2D eigenvalue weighted by molar-refractivity contribution is -0.0108. The molecule has 0 bridgehead atoms. The van der Waals surface area contributed by atoms with Crippen LogP contribution >= 0.6 is 0 Å². The number of imidazole rings is 1. The largest absolute Gasteiger partial charge is 0.465 e. The fourth-order valence-electron chi connectivity index (χ4n) is 3.16. The van der Waals surface area contributed by atoms with Gasteiger partial charge in [0.2, 0.25) is 0 Å². The Kier molecular flexibility index (Phi) is 4.97. The molecule has 23 heavy (non-hydrogen) atoms. The number of hydrogen-bond donors (Lipinski definition) is 2. The van der Waals surface area contributed by atoms with Gasteiger partial charge in [-0.3, -0.25) is 4.79 Å². The molecule has 1 fully saturated rings. The van der Waals surface area contributed by atoms with E-state index in [4.69, 9.17) is 0 Å². The van der Waals surface area contributed by atoms with Gasteiger partial charge < -0.3 is 19.9 Å². The number of carboxylic acid groups (broad SMARTS) is 1. The van der Waals surface area contributed by atoms with Crippen molar-refractivity contribution in [1.29, 1.82) is 0 Å². The standard InChI is InChI=1S/C16H26N4O3/c1-5-6-7-19-10-17-8-12(19)14(21)18-11-9-20(15(22)23)13(11)16(2,3)4/h8,10-11,13H,5-7,9H2,1-4H3,(H,18,21)(H,22,23). The maximum atomic E-state index is 12.5. The summed E-state index contributed by atoms with van der Waals surface area (Å²) in [5.41, 5.74) is 0.289. The second-order valence-corrected chi connectivity index (χ2v) is 7.15. The number of carbonyl (C=O) groups is 2. The molecule has 0 aliphatic carbocycles. The summed E-state index contributed by atoms with van der Waals surface area (Å²) in [7, 11) is 0. The number of hydrogen-bond acceptors (Lipinski definition) is 3. The fraction of sp³-hybridized carbons (Fsp3) is 0.688. The Balaban J connectivity index is 2.06. The highest BCUT2D eigenvalue weighted by Gasteiger charge is 2.49. The summed E-state index contributed by atoms with van der Waals surface area (Å²) in [6.45, 7) is 9.13. The van der Waals surface area contributed by atoms with Crippen molar-refractivity contribution in [3.63, 3.8) is 0 Å². The van der Waals surface area contributed by atoms with Crippen LogP contribution in [0, 0.1) is 5.41 Å². The van der Waals surface area contributed by atoms with Crippen LogP contribution in [0.2, 0.25) is 0 Å². The lowest BCUT2D eigenvalue weighted by atomic mass is 9.76. The quantitative estimate of drug-likeness (QED) is 0.870. The Hall–Kier alpha value is -2.05. The zero-order valence-electron chi connectivity index (χ0n) is 14.2. The Labute approximate surface area is 136 Å². The Bertz CT molecular complexity index is 576. The fourth-order valence-corrected chi connectivity index (χ4v) is 3.16. The van der Waals surface area contributed by atoms with Crippen molar-refractivity contribution in [3.05, 3.63) is 18.2 Å². The third kappa shape index (κ3) is 3.65. The van der Waals surface area contributed by atoms with Crippen LogP contribution in [-0.4, -0.2) is 50.2 Å². The van der Waals surface area contributed by atoms with E-state index in [1.54, 1.807) is 12.5 Å². The van der Waals surface area contributed by atoms with E-state index in [2.05, 4.69) is 17.2 Å². The zero-order chi connectivity index (χ0) is 17.2. The molecule has 2 unspecified atom stereocenters. The number of likely N-dealkylation sites (tertiary alicyclic amines) is 1. The van der Waals surface area contributed by atoms with Crippen LogP contribution in [-0.2, 0) is 6.54 Å². The zero-order valence-corrected chi connectivity index (χ0v) is 14.2.